The SMILES string of the molecule is COC(=O)C1CCCN(Cc2cc(F)cc(Br)c2)C1. The number of carbonyl (C=O) groups is 1. The van der Waals surface area contributed by atoms with E-state index in [4.69, 9.17) is 4.74 Å². The fraction of sp³-hybridized carbons (Fsp3) is 0.500. The number of piperidine rings is 1. The Hall–Kier alpha value is -0.940. The second kappa shape index (κ2) is 6.48. The van der Waals surface area contributed by atoms with Gasteiger partial charge < -0.3 is 4.74 Å². The zero-order valence-electron chi connectivity index (χ0n) is 10.9. The van der Waals surface area contributed by atoms with Crippen molar-refractivity contribution in [1.82, 2.24) is 4.90 Å². The van der Waals surface area contributed by atoms with E-state index in [1.54, 1.807) is 0 Å². The molecule has 0 spiro atoms. The van der Waals surface area contributed by atoms with Crippen LogP contribution in [0, 0.1) is 11.7 Å². The Morgan fingerprint density at radius 2 is 2.32 bits per heavy atom. The van der Waals surface area contributed by atoms with Crippen LogP contribution in [-0.4, -0.2) is 31.1 Å². The molecule has 1 aliphatic heterocycles. The van der Waals surface area contributed by atoms with Crippen LogP contribution in [0.3, 0.4) is 0 Å². The van der Waals surface area contributed by atoms with Crippen molar-refractivity contribution < 1.29 is 13.9 Å². The highest BCUT2D eigenvalue weighted by molar-refractivity contribution is 9.10. The summed E-state index contributed by atoms with van der Waals surface area (Å²) in [7, 11) is 1.42. The van der Waals surface area contributed by atoms with Crippen LogP contribution in [0.5, 0.6) is 0 Å². The van der Waals surface area contributed by atoms with Crippen LogP contribution in [0.4, 0.5) is 4.39 Å². The normalized spacial score (nSPS) is 20.3. The van der Waals surface area contributed by atoms with Crippen molar-refractivity contribution in [1.29, 1.82) is 0 Å². The lowest BCUT2D eigenvalue weighted by atomic mass is 9.98. The molecule has 0 amide bonds. The Labute approximate surface area is 120 Å². The molecule has 1 unspecified atom stereocenters. The van der Waals surface area contributed by atoms with Crippen LogP contribution in [0.2, 0.25) is 0 Å². The van der Waals surface area contributed by atoms with Crippen LogP contribution in [-0.2, 0) is 16.1 Å². The molecule has 1 atom stereocenters. The van der Waals surface area contributed by atoms with Gasteiger partial charge in [-0.25, -0.2) is 4.39 Å². The van der Waals surface area contributed by atoms with E-state index >= 15 is 0 Å². The summed E-state index contributed by atoms with van der Waals surface area (Å²) in [6, 6.07) is 4.88. The highest BCUT2D eigenvalue weighted by Crippen LogP contribution is 2.21. The predicted molar refractivity (Wildman–Crippen MR) is 74.1 cm³/mol. The van der Waals surface area contributed by atoms with Gasteiger partial charge in [0.15, 0.2) is 0 Å². The molecule has 1 aromatic rings. The minimum Gasteiger partial charge on any atom is -0.469 e. The van der Waals surface area contributed by atoms with Gasteiger partial charge in [0.25, 0.3) is 0 Å². The first-order valence-electron chi connectivity index (χ1n) is 6.33. The van der Waals surface area contributed by atoms with Gasteiger partial charge in [-0.1, -0.05) is 15.9 Å². The number of esters is 1. The van der Waals surface area contributed by atoms with Gasteiger partial charge in [-0.05, 0) is 43.1 Å². The Morgan fingerprint density at radius 1 is 1.53 bits per heavy atom. The van der Waals surface area contributed by atoms with Crippen LogP contribution in [0.25, 0.3) is 0 Å². The molecule has 0 aliphatic carbocycles. The number of hydrogen-bond donors (Lipinski definition) is 0. The van der Waals surface area contributed by atoms with Crippen LogP contribution < -0.4 is 0 Å². The Balaban J connectivity index is 2.00. The van der Waals surface area contributed by atoms with Gasteiger partial charge >= 0.3 is 5.97 Å². The number of likely N-dealkylation sites (tertiary alicyclic amines) is 1. The van der Waals surface area contributed by atoms with E-state index in [9.17, 15) is 9.18 Å². The van der Waals surface area contributed by atoms with E-state index in [-0.39, 0.29) is 17.7 Å². The molecular formula is C14H17BrFNO2. The molecule has 0 aromatic heterocycles. The molecule has 0 saturated carbocycles. The van der Waals surface area contributed by atoms with Crippen molar-refractivity contribution in [2.45, 2.75) is 19.4 Å². The molecule has 0 radical (unpaired) electrons. The van der Waals surface area contributed by atoms with Crippen molar-refractivity contribution in [3.63, 3.8) is 0 Å². The lowest BCUT2D eigenvalue weighted by Crippen LogP contribution is -2.38. The second-order valence-corrected chi connectivity index (χ2v) is 5.79. The number of rotatable bonds is 3. The molecule has 1 aliphatic rings. The zero-order chi connectivity index (χ0) is 13.8. The largest absolute Gasteiger partial charge is 0.469 e. The van der Waals surface area contributed by atoms with E-state index < -0.39 is 0 Å². The Bertz CT molecular complexity index is 447. The summed E-state index contributed by atoms with van der Waals surface area (Å²) < 4.78 is 18.9. The molecular weight excluding hydrogens is 313 g/mol. The molecule has 1 fully saturated rings. The van der Waals surface area contributed by atoms with Crippen molar-refractivity contribution in [3.8, 4) is 0 Å². The average Bonchev–Trinajstić information content (AvgIpc) is 2.37. The number of carbonyl (C=O) groups excluding carboxylic acids is 1. The monoisotopic (exact) mass is 329 g/mol. The lowest BCUT2D eigenvalue weighted by molar-refractivity contribution is -0.147. The van der Waals surface area contributed by atoms with Crippen molar-refractivity contribution in [3.05, 3.63) is 34.1 Å². The third-order valence-electron chi connectivity index (χ3n) is 3.37. The molecule has 104 valence electrons. The lowest BCUT2D eigenvalue weighted by Gasteiger charge is -2.31. The standard InChI is InChI=1S/C14H17BrFNO2/c1-19-14(18)11-3-2-4-17(9-11)8-10-5-12(15)7-13(16)6-10/h5-7,11H,2-4,8-9H2,1H3. The summed E-state index contributed by atoms with van der Waals surface area (Å²) in [5.41, 5.74) is 0.914. The van der Waals surface area contributed by atoms with Gasteiger partial charge in [0.2, 0.25) is 0 Å². The zero-order valence-corrected chi connectivity index (χ0v) is 12.5. The number of methoxy groups -OCH3 is 1. The summed E-state index contributed by atoms with van der Waals surface area (Å²) >= 11 is 3.29. The smallest absolute Gasteiger partial charge is 0.309 e. The number of hydrogen-bond acceptors (Lipinski definition) is 3. The van der Waals surface area contributed by atoms with Gasteiger partial charge in [0, 0.05) is 17.6 Å². The summed E-state index contributed by atoms with van der Waals surface area (Å²) in [6.45, 7) is 2.27. The summed E-state index contributed by atoms with van der Waals surface area (Å²) in [5.74, 6) is -0.452. The van der Waals surface area contributed by atoms with Gasteiger partial charge in [-0.15, -0.1) is 0 Å². The summed E-state index contributed by atoms with van der Waals surface area (Å²) in [5, 5.41) is 0. The van der Waals surface area contributed by atoms with Gasteiger partial charge in [-0.2, -0.15) is 0 Å². The molecule has 0 N–H and O–H groups in total. The third kappa shape index (κ3) is 4.01. The first-order valence-corrected chi connectivity index (χ1v) is 7.13. The molecule has 3 nitrogen and oxygen atoms in total. The van der Waals surface area contributed by atoms with Crippen LogP contribution >= 0.6 is 15.9 Å². The number of ether oxygens (including phenoxy) is 1. The number of nitrogens with zero attached hydrogens (tertiary/aromatic N) is 1. The fourth-order valence-corrected chi connectivity index (χ4v) is 3.03. The number of benzene rings is 1. The molecule has 19 heavy (non-hydrogen) atoms. The Morgan fingerprint density at radius 3 is 3.00 bits per heavy atom. The average molecular weight is 330 g/mol. The van der Waals surface area contributed by atoms with E-state index in [0.717, 1.165) is 29.4 Å². The fourth-order valence-electron chi connectivity index (χ4n) is 2.52. The van der Waals surface area contributed by atoms with Crippen LogP contribution in [0.15, 0.2) is 22.7 Å². The van der Waals surface area contributed by atoms with E-state index in [1.165, 1.54) is 19.2 Å². The minimum absolute atomic E-state index is 0.0595. The molecule has 5 heteroatoms. The van der Waals surface area contributed by atoms with Crippen molar-refractivity contribution in [2.24, 2.45) is 5.92 Å². The third-order valence-corrected chi connectivity index (χ3v) is 3.83. The van der Waals surface area contributed by atoms with E-state index in [2.05, 4.69) is 20.8 Å². The molecule has 2 rings (SSSR count). The number of halogens is 2. The van der Waals surface area contributed by atoms with E-state index in [1.807, 2.05) is 6.07 Å². The summed E-state index contributed by atoms with van der Waals surface area (Å²) in [6.07, 6.45) is 1.84. The highest BCUT2D eigenvalue weighted by atomic mass is 79.9. The minimum atomic E-state index is -0.245. The first kappa shape index (κ1) is 14.5. The van der Waals surface area contributed by atoms with Gasteiger partial charge in [0.1, 0.15) is 5.82 Å². The molecule has 1 aromatic carbocycles. The maximum Gasteiger partial charge on any atom is 0.309 e. The Kier molecular flexibility index (Phi) is 4.93. The van der Waals surface area contributed by atoms with Crippen molar-refractivity contribution in [2.75, 3.05) is 20.2 Å². The molecule has 0 bridgehead atoms. The summed E-state index contributed by atoms with van der Waals surface area (Å²) in [4.78, 5) is 13.7. The van der Waals surface area contributed by atoms with Gasteiger partial charge in [0.05, 0.1) is 13.0 Å². The first-order chi connectivity index (χ1) is 9.08. The maximum atomic E-state index is 13.3. The quantitative estimate of drug-likeness (QED) is 0.798. The topological polar surface area (TPSA) is 29.5 Å². The van der Waals surface area contributed by atoms with Gasteiger partial charge in [-0.3, -0.25) is 9.69 Å². The van der Waals surface area contributed by atoms with E-state index in [0.29, 0.717) is 13.1 Å². The van der Waals surface area contributed by atoms with Crippen molar-refractivity contribution >= 4 is 21.9 Å². The maximum absolute atomic E-state index is 13.3. The molecule has 1 heterocycles. The molecule has 1 saturated heterocycles. The highest BCUT2D eigenvalue weighted by Gasteiger charge is 2.26. The van der Waals surface area contributed by atoms with Crippen LogP contribution in [0.1, 0.15) is 18.4 Å². The predicted octanol–water partition coefficient (Wildman–Crippen LogP) is 2.97. The second-order valence-electron chi connectivity index (χ2n) is 4.88.